The highest BCUT2D eigenvalue weighted by atomic mass is 16.3. The maximum atomic E-state index is 12.0. The lowest BCUT2D eigenvalue weighted by molar-refractivity contribution is -0.127. The van der Waals surface area contributed by atoms with Gasteiger partial charge < -0.3 is 15.0 Å². The molecule has 0 spiro atoms. The first kappa shape index (κ1) is 14.1. The Labute approximate surface area is 114 Å². The van der Waals surface area contributed by atoms with Crippen LogP contribution in [-0.4, -0.2) is 26.7 Å². The van der Waals surface area contributed by atoms with E-state index in [4.69, 9.17) is 0 Å². The molecule has 1 aromatic rings. The fourth-order valence-electron chi connectivity index (χ4n) is 2.61. The fourth-order valence-corrected chi connectivity index (χ4v) is 2.61. The number of rotatable bonds is 5. The van der Waals surface area contributed by atoms with Gasteiger partial charge in [-0.1, -0.05) is 13.8 Å². The van der Waals surface area contributed by atoms with Crippen molar-refractivity contribution in [2.45, 2.75) is 52.3 Å². The van der Waals surface area contributed by atoms with Crippen molar-refractivity contribution in [3.05, 3.63) is 18.2 Å². The van der Waals surface area contributed by atoms with Crippen LogP contribution in [-0.2, 0) is 17.9 Å². The smallest absolute Gasteiger partial charge is 0.226 e. The molecule has 2 atom stereocenters. The van der Waals surface area contributed by atoms with E-state index in [1.165, 1.54) is 0 Å². The molecule has 1 aliphatic rings. The van der Waals surface area contributed by atoms with Gasteiger partial charge in [-0.15, -0.1) is 0 Å². The summed E-state index contributed by atoms with van der Waals surface area (Å²) in [6.07, 6.45) is 5.67. The number of carbonyl (C=O) groups is 1. The molecule has 0 aromatic carbocycles. The number of amides is 1. The van der Waals surface area contributed by atoms with Gasteiger partial charge in [0.05, 0.1) is 18.6 Å². The van der Waals surface area contributed by atoms with Crippen LogP contribution >= 0.6 is 0 Å². The molecule has 1 saturated carbocycles. The maximum Gasteiger partial charge on any atom is 0.226 e. The van der Waals surface area contributed by atoms with Gasteiger partial charge in [0.25, 0.3) is 0 Å². The van der Waals surface area contributed by atoms with E-state index >= 15 is 0 Å². The van der Waals surface area contributed by atoms with Gasteiger partial charge in [-0.2, -0.15) is 0 Å². The van der Waals surface area contributed by atoms with Gasteiger partial charge in [0.15, 0.2) is 0 Å². The van der Waals surface area contributed by atoms with Gasteiger partial charge >= 0.3 is 0 Å². The van der Waals surface area contributed by atoms with E-state index in [0.717, 1.165) is 31.6 Å². The molecule has 19 heavy (non-hydrogen) atoms. The second-order valence-corrected chi connectivity index (χ2v) is 5.71. The number of aromatic nitrogens is 2. The molecule has 1 fully saturated rings. The quantitative estimate of drug-likeness (QED) is 0.843. The maximum absolute atomic E-state index is 12.0. The predicted molar refractivity (Wildman–Crippen MR) is 72.3 cm³/mol. The molecule has 0 aliphatic heterocycles. The molecule has 1 heterocycles. The Kier molecular flexibility index (Phi) is 4.58. The Bertz CT molecular complexity index is 428. The zero-order valence-electron chi connectivity index (χ0n) is 11.7. The van der Waals surface area contributed by atoms with Gasteiger partial charge in [-0.05, 0) is 25.2 Å². The Morgan fingerprint density at radius 3 is 3.00 bits per heavy atom. The zero-order chi connectivity index (χ0) is 13.8. The zero-order valence-corrected chi connectivity index (χ0v) is 11.7. The van der Waals surface area contributed by atoms with Crippen LogP contribution in [0.3, 0.4) is 0 Å². The standard InChI is InChI=1S/C14H23N3O2/c1-10(2)9-17-7-6-15-13(17)8-16-14(19)11-4-3-5-12(11)18/h6-7,10-12,18H,3-5,8-9H2,1-2H3,(H,16,19). The Balaban J connectivity index is 1.88. The first-order chi connectivity index (χ1) is 9.08. The lowest BCUT2D eigenvalue weighted by Crippen LogP contribution is -2.35. The molecule has 0 saturated heterocycles. The molecule has 2 rings (SSSR count). The minimum atomic E-state index is -0.476. The summed E-state index contributed by atoms with van der Waals surface area (Å²) in [5.41, 5.74) is 0. The fraction of sp³-hybridized carbons (Fsp3) is 0.714. The second kappa shape index (κ2) is 6.19. The highest BCUT2D eigenvalue weighted by Crippen LogP contribution is 2.25. The third-order valence-corrected chi connectivity index (χ3v) is 3.60. The lowest BCUT2D eigenvalue weighted by Gasteiger charge is -2.15. The molecular weight excluding hydrogens is 242 g/mol. The predicted octanol–water partition coefficient (Wildman–Crippen LogP) is 1.32. The molecule has 5 heteroatoms. The summed E-state index contributed by atoms with van der Waals surface area (Å²) in [6, 6.07) is 0. The lowest BCUT2D eigenvalue weighted by atomic mass is 10.1. The molecule has 0 bridgehead atoms. The summed E-state index contributed by atoms with van der Waals surface area (Å²) in [4.78, 5) is 16.2. The van der Waals surface area contributed by atoms with Crippen LogP contribution in [0.2, 0.25) is 0 Å². The van der Waals surface area contributed by atoms with E-state index in [-0.39, 0.29) is 11.8 Å². The van der Waals surface area contributed by atoms with E-state index in [1.807, 2.05) is 6.20 Å². The van der Waals surface area contributed by atoms with Crippen molar-refractivity contribution in [1.82, 2.24) is 14.9 Å². The van der Waals surface area contributed by atoms with Crippen molar-refractivity contribution in [3.8, 4) is 0 Å². The van der Waals surface area contributed by atoms with E-state index in [9.17, 15) is 9.90 Å². The van der Waals surface area contributed by atoms with Crippen molar-refractivity contribution >= 4 is 5.91 Å². The number of nitrogens with one attached hydrogen (secondary N) is 1. The van der Waals surface area contributed by atoms with Crippen LogP contribution in [0.1, 0.15) is 38.9 Å². The number of aliphatic hydroxyl groups excluding tert-OH is 1. The van der Waals surface area contributed by atoms with Crippen molar-refractivity contribution in [2.75, 3.05) is 0 Å². The molecule has 1 aliphatic carbocycles. The summed E-state index contributed by atoms with van der Waals surface area (Å²) >= 11 is 0. The third kappa shape index (κ3) is 3.56. The molecule has 1 aromatic heterocycles. The van der Waals surface area contributed by atoms with Gasteiger partial charge in [0, 0.05) is 18.9 Å². The summed E-state index contributed by atoms with van der Waals surface area (Å²) in [5.74, 6) is 1.12. The molecule has 1 amide bonds. The van der Waals surface area contributed by atoms with Gasteiger partial charge in [0.2, 0.25) is 5.91 Å². The first-order valence-electron chi connectivity index (χ1n) is 7.03. The number of hydrogen-bond donors (Lipinski definition) is 2. The van der Waals surface area contributed by atoms with E-state index in [1.54, 1.807) is 6.20 Å². The van der Waals surface area contributed by atoms with E-state index in [0.29, 0.717) is 12.5 Å². The Morgan fingerprint density at radius 1 is 1.58 bits per heavy atom. The number of carbonyl (C=O) groups excluding carboxylic acids is 1. The highest BCUT2D eigenvalue weighted by Gasteiger charge is 2.31. The molecule has 5 nitrogen and oxygen atoms in total. The van der Waals surface area contributed by atoms with Crippen LogP contribution in [0.5, 0.6) is 0 Å². The summed E-state index contributed by atoms with van der Waals surface area (Å²) in [7, 11) is 0. The molecule has 2 unspecified atom stereocenters. The largest absolute Gasteiger partial charge is 0.392 e. The van der Waals surface area contributed by atoms with Crippen molar-refractivity contribution in [3.63, 3.8) is 0 Å². The third-order valence-electron chi connectivity index (χ3n) is 3.60. The average Bonchev–Trinajstić information content (AvgIpc) is 2.94. The van der Waals surface area contributed by atoms with Gasteiger partial charge in [-0.25, -0.2) is 4.98 Å². The molecular formula is C14H23N3O2. The first-order valence-corrected chi connectivity index (χ1v) is 7.03. The number of imidazole rings is 1. The summed E-state index contributed by atoms with van der Waals surface area (Å²) in [6.45, 7) is 5.63. The SMILES string of the molecule is CC(C)Cn1ccnc1CNC(=O)C1CCCC1O. The van der Waals surface area contributed by atoms with Crippen LogP contribution in [0, 0.1) is 11.8 Å². The van der Waals surface area contributed by atoms with Crippen molar-refractivity contribution in [1.29, 1.82) is 0 Å². The van der Waals surface area contributed by atoms with Crippen LogP contribution in [0.25, 0.3) is 0 Å². The highest BCUT2D eigenvalue weighted by molar-refractivity contribution is 5.79. The average molecular weight is 265 g/mol. The summed E-state index contributed by atoms with van der Waals surface area (Å²) in [5, 5.41) is 12.6. The number of hydrogen-bond acceptors (Lipinski definition) is 3. The van der Waals surface area contributed by atoms with E-state index < -0.39 is 6.10 Å². The van der Waals surface area contributed by atoms with Crippen molar-refractivity contribution < 1.29 is 9.90 Å². The normalized spacial score (nSPS) is 22.9. The van der Waals surface area contributed by atoms with Crippen molar-refractivity contribution in [2.24, 2.45) is 11.8 Å². The van der Waals surface area contributed by atoms with Crippen LogP contribution in [0.15, 0.2) is 12.4 Å². The molecule has 2 N–H and O–H groups in total. The minimum Gasteiger partial charge on any atom is -0.392 e. The Morgan fingerprint density at radius 2 is 2.37 bits per heavy atom. The minimum absolute atomic E-state index is 0.0518. The molecule has 0 radical (unpaired) electrons. The monoisotopic (exact) mass is 265 g/mol. The molecule has 106 valence electrons. The van der Waals surface area contributed by atoms with E-state index in [2.05, 4.69) is 28.7 Å². The second-order valence-electron chi connectivity index (χ2n) is 5.71. The van der Waals surface area contributed by atoms with Gasteiger partial charge in [-0.3, -0.25) is 4.79 Å². The topological polar surface area (TPSA) is 67.2 Å². The van der Waals surface area contributed by atoms with Crippen LogP contribution in [0.4, 0.5) is 0 Å². The Hall–Kier alpha value is -1.36. The van der Waals surface area contributed by atoms with Crippen LogP contribution < -0.4 is 5.32 Å². The number of aliphatic hydroxyl groups is 1. The van der Waals surface area contributed by atoms with Gasteiger partial charge in [0.1, 0.15) is 5.82 Å². The number of nitrogens with zero attached hydrogens (tertiary/aromatic N) is 2. The summed E-state index contributed by atoms with van der Waals surface area (Å²) < 4.78 is 2.07.